The summed E-state index contributed by atoms with van der Waals surface area (Å²) in [6.45, 7) is 2.49. The van der Waals surface area contributed by atoms with Gasteiger partial charge in [-0.25, -0.2) is 0 Å². The summed E-state index contributed by atoms with van der Waals surface area (Å²) in [5, 5.41) is 3.35. The fraction of sp³-hybridized carbons (Fsp3) is 0.625. The molecular weight excluding hydrogens is 238 g/mol. The molecule has 0 radical (unpaired) electrons. The van der Waals surface area contributed by atoms with Crippen LogP contribution < -0.4 is 10.1 Å². The molecule has 1 fully saturated rings. The van der Waals surface area contributed by atoms with E-state index in [0.717, 1.165) is 25.4 Å². The van der Waals surface area contributed by atoms with Crippen LogP contribution in [0.3, 0.4) is 0 Å². The molecule has 0 aromatic heterocycles. The highest BCUT2D eigenvalue weighted by atomic mass is 16.5. The minimum atomic E-state index is 0.422. The molecule has 0 aliphatic heterocycles. The van der Waals surface area contributed by atoms with Gasteiger partial charge in [0.2, 0.25) is 0 Å². The quantitative estimate of drug-likeness (QED) is 0.767. The molecular formula is C16H25NO2. The first-order chi connectivity index (χ1) is 9.38. The maximum Gasteiger partial charge on any atom is 0.120 e. The molecule has 1 N–H and O–H groups in total. The van der Waals surface area contributed by atoms with Crippen molar-refractivity contribution in [2.45, 2.75) is 44.8 Å². The Balaban J connectivity index is 1.80. The lowest BCUT2D eigenvalue weighted by Crippen LogP contribution is -2.20. The van der Waals surface area contributed by atoms with Gasteiger partial charge in [-0.1, -0.05) is 18.6 Å². The van der Waals surface area contributed by atoms with E-state index in [9.17, 15) is 0 Å². The highest BCUT2D eigenvalue weighted by Crippen LogP contribution is 2.23. The highest BCUT2D eigenvalue weighted by Gasteiger charge is 2.14. The van der Waals surface area contributed by atoms with E-state index in [4.69, 9.17) is 9.47 Å². The molecule has 3 nitrogen and oxygen atoms in total. The molecule has 1 aliphatic rings. The molecule has 1 aromatic rings. The molecule has 1 aliphatic carbocycles. The van der Waals surface area contributed by atoms with Crippen LogP contribution in [0, 0.1) is 0 Å². The summed E-state index contributed by atoms with van der Waals surface area (Å²) < 4.78 is 11.1. The average Bonchev–Trinajstić information content (AvgIpc) is 2.45. The number of hydrogen-bond donors (Lipinski definition) is 1. The van der Waals surface area contributed by atoms with Gasteiger partial charge in [0.25, 0.3) is 0 Å². The Morgan fingerprint density at radius 3 is 2.84 bits per heavy atom. The van der Waals surface area contributed by atoms with E-state index in [1.54, 1.807) is 7.11 Å². The SMILES string of the molecule is COCCNCc1cccc(OC2CCCCC2)c1. The zero-order chi connectivity index (χ0) is 13.3. The summed E-state index contributed by atoms with van der Waals surface area (Å²) in [5.41, 5.74) is 1.27. The molecule has 1 aromatic carbocycles. The topological polar surface area (TPSA) is 30.5 Å². The Kier molecular flexibility index (Phi) is 6.18. The van der Waals surface area contributed by atoms with Gasteiger partial charge in [-0.3, -0.25) is 0 Å². The standard InChI is InChI=1S/C16H25NO2/c1-18-11-10-17-13-14-6-5-9-16(12-14)19-15-7-3-2-4-8-15/h5-6,9,12,15,17H,2-4,7-8,10-11,13H2,1H3. The van der Waals surface area contributed by atoms with Gasteiger partial charge in [-0.15, -0.1) is 0 Å². The first-order valence-corrected chi connectivity index (χ1v) is 7.34. The third kappa shape index (κ3) is 5.21. The lowest BCUT2D eigenvalue weighted by Gasteiger charge is -2.23. The monoisotopic (exact) mass is 263 g/mol. The van der Waals surface area contributed by atoms with Crippen molar-refractivity contribution in [3.63, 3.8) is 0 Å². The molecule has 0 bridgehead atoms. The summed E-state index contributed by atoms with van der Waals surface area (Å²) in [6, 6.07) is 8.42. The summed E-state index contributed by atoms with van der Waals surface area (Å²) in [4.78, 5) is 0. The number of ether oxygens (including phenoxy) is 2. The molecule has 0 amide bonds. The van der Waals surface area contributed by atoms with E-state index in [1.165, 1.54) is 37.7 Å². The maximum atomic E-state index is 6.07. The normalized spacial score (nSPS) is 16.5. The molecule has 19 heavy (non-hydrogen) atoms. The Hall–Kier alpha value is -1.06. The third-order valence-electron chi connectivity index (χ3n) is 3.57. The molecule has 1 saturated carbocycles. The second-order valence-electron chi connectivity index (χ2n) is 5.19. The Labute approximate surface area is 116 Å². The van der Waals surface area contributed by atoms with E-state index in [-0.39, 0.29) is 0 Å². The minimum absolute atomic E-state index is 0.422. The van der Waals surface area contributed by atoms with Gasteiger partial charge in [0.05, 0.1) is 12.7 Å². The van der Waals surface area contributed by atoms with Crippen LogP contribution in [-0.2, 0) is 11.3 Å². The van der Waals surface area contributed by atoms with E-state index in [1.807, 2.05) is 0 Å². The Morgan fingerprint density at radius 2 is 2.05 bits per heavy atom. The molecule has 2 rings (SSSR count). The fourth-order valence-electron chi connectivity index (χ4n) is 2.51. The van der Waals surface area contributed by atoms with E-state index < -0.39 is 0 Å². The van der Waals surface area contributed by atoms with Crippen LogP contribution in [-0.4, -0.2) is 26.4 Å². The average molecular weight is 263 g/mol. The van der Waals surface area contributed by atoms with Crippen LogP contribution in [0.1, 0.15) is 37.7 Å². The Bertz CT molecular complexity index is 362. The van der Waals surface area contributed by atoms with Crippen molar-refractivity contribution in [2.24, 2.45) is 0 Å². The molecule has 0 heterocycles. The van der Waals surface area contributed by atoms with Crippen LogP contribution in [0.5, 0.6) is 5.75 Å². The fourth-order valence-corrected chi connectivity index (χ4v) is 2.51. The lowest BCUT2D eigenvalue weighted by atomic mass is 9.98. The van der Waals surface area contributed by atoms with Gasteiger partial charge in [-0.2, -0.15) is 0 Å². The predicted octanol–water partition coefficient (Wildman–Crippen LogP) is 3.13. The molecule has 106 valence electrons. The first-order valence-electron chi connectivity index (χ1n) is 7.34. The minimum Gasteiger partial charge on any atom is -0.490 e. The summed E-state index contributed by atoms with van der Waals surface area (Å²) >= 11 is 0. The van der Waals surface area contributed by atoms with Crippen LogP contribution in [0.2, 0.25) is 0 Å². The Morgan fingerprint density at radius 1 is 1.21 bits per heavy atom. The number of methoxy groups -OCH3 is 1. The predicted molar refractivity (Wildman–Crippen MR) is 77.5 cm³/mol. The number of rotatable bonds is 7. The molecule has 0 saturated heterocycles. The second kappa shape index (κ2) is 8.18. The molecule has 0 unspecified atom stereocenters. The van der Waals surface area contributed by atoms with Crippen molar-refractivity contribution in [1.82, 2.24) is 5.32 Å². The van der Waals surface area contributed by atoms with Crippen LogP contribution in [0.4, 0.5) is 0 Å². The summed E-state index contributed by atoms with van der Waals surface area (Å²) in [5.74, 6) is 1.01. The van der Waals surface area contributed by atoms with Crippen LogP contribution in [0.25, 0.3) is 0 Å². The molecule has 0 spiro atoms. The zero-order valence-electron chi connectivity index (χ0n) is 11.9. The second-order valence-corrected chi connectivity index (χ2v) is 5.19. The van der Waals surface area contributed by atoms with Crippen molar-refractivity contribution in [3.8, 4) is 5.75 Å². The van der Waals surface area contributed by atoms with Crippen molar-refractivity contribution < 1.29 is 9.47 Å². The van der Waals surface area contributed by atoms with Crippen LogP contribution >= 0.6 is 0 Å². The van der Waals surface area contributed by atoms with Gasteiger partial charge in [0, 0.05) is 20.2 Å². The molecule has 3 heteroatoms. The van der Waals surface area contributed by atoms with Gasteiger partial charge >= 0.3 is 0 Å². The number of benzene rings is 1. The zero-order valence-corrected chi connectivity index (χ0v) is 11.9. The third-order valence-corrected chi connectivity index (χ3v) is 3.57. The van der Waals surface area contributed by atoms with Gasteiger partial charge < -0.3 is 14.8 Å². The van der Waals surface area contributed by atoms with Crippen molar-refractivity contribution in [3.05, 3.63) is 29.8 Å². The summed E-state index contributed by atoms with van der Waals surface area (Å²) in [7, 11) is 1.72. The number of hydrogen-bond acceptors (Lipinski definition) is 3. The van der Waals surface area contributed by atoms with E-state index in [0.29, 0.717) is 6.10 Å². The van der Waals surface area contributed by atoms with E-state index in [2.05, 4.69) is 29.6 Å². The first kappa shape index (κ1) is 14.4. The summed E-state index contributed by atoms with van der Waals surface area (Å²) in [6.07, 6.45) is 6.81. The van der Waals surface area contributed by atoms with Crippen molar-refractivity contribution >= 4 is 0 Å². The van der Waals surface area contributed by atoms with Crippen LogP contribution in [0.15, 0.2) is 24.3 Å². The highest BCUT2D eigenvalue weighted by molar-refractivity contribution is 5.28. The number of nitrogens with one attached hydrogen (secondary N) is 1. The van der Waals surface area contributed by atoms with Gasteiger partial charge in [0.1, 0.15) is 5.75 Å². The van der Waals surface area contributed by atoms with Gasteiger partial charge in [-0.05, 0) is 43.4 Å². The van der Waals surface area contributed by atoms with Crippen molar-refractivity contribution in [2.75, 3.05) is 20.3 Å². The largest absolute Gasteiger partial charge is 0.490 e. The van der Waals surface area contributed by atoms with Crippen molar-refractivity contribution in [1.29, 1.82) is 0 Å². The van der Waals surface area contributed by atoms with E-state index >= 15 is 0 Å². The maximum absolute atomic E-state index is 6.07. The van der Waals surface area contributed by atoms with Gasteiger partial charge in [0.15, 0.2) is 0 Å². The molecule has 0 atom stereocenters. The lowest BCUT2D eigenvalue weighted by molar-refractivity contribution is 0.155. The smallest absolute Gasteiger partial charge is 0.120 e.